The van der Waals surface area contributed by atoms with Crippen molar-refractivity contribution in [1.29, 1.82) is 0 Å². The molecule has 0 spiro atoms. The standard InChI is InChI=1S/C18H22F2N4OS/c1-26-18-23-22-16(24(18)13-5-2-3-6-13)7-4-10-21-17(25)12-8-9-14(19)15(20)11-12/h8-9,11,13H,2-7,10H2,1H3,(H,21,25). The molecule has 1 fully saturated rings. The van der Waals surface area contributed by atoms with Gasteiger partial charge in [-0.05, 0) is 43.7 Å². The zero-order valence-electron chi connectivity index (χ0n) is 14.7. The molecule has 140 valence electrons. The largest absolute Gasteiger partial charge is 0.352 e. The summed E-state index contributed by atoms with van der Waals surface area (Å²) in [7, 11) is 0. The van der Waals surface area contributed by atoms with Crippen molar-refractivity contribution in [2.45, 2.75) is 49.7 Å². The molecule has 2 aromatic rings. The average molecular weight is 380 g/mol. The summed E-state index contributed by atoms with van der Waals surface area (Å²) in [6.45, 7) is 0.434. The molecule has 1 aliphatic rings. The Morgan fingerprint density at radius 1 is 1.27 bits per heavy atom. The molecule has 0 radical (unpaired) electrons. The van der Waals surface area contributed by atoms with Gasteiger partial charge in [0.15, 0.2) is 16.8 Å². The van der Waals surface area contributed by atoms with E-state index >= 15 is 0 Å². The molecular formula is C18H22F2N4OS. The average Bonchev–Trinajstić information content (AvgIpc) is 3.29. The lowest BCUT2D eigenvalue weighted by Crippen LogP contribution is -2.25. The first-order chi connectivity index (χ1) is 12.6. The highest BCUT2D eigenvalue weighted by molar-refractivity contribution is 7.98. The van der Waals surface area contributed by atoms with Gasteiger partial charge in [0.2, 0.25) is 0 Å². The molecule has 8 heteroatoms. The van der Waals surface area contributed by atoms with Crippen LogP contribution in [0.5, 0.6) is 0 Å². The highest BCUT2D eigenvalue weighted by atomic mass is 32.2. The highest BCUT2D eigenvalue weighted by Gasteiger charge is 2.23. The molecule has 0 saturated heterocycles. The summed E-state index contributed by atoms with van der Waals surface area (Å²) in [5.74, 6) is -1.45. The minimum atomic E-state index is -1.02. The Bertz CT molecular complexity index is 775. The number of carbonyl (C=O) groups excluding carboxylic acids is 1. The Morgan fingerprint density at radius 2 is 2.04 bits per heavy atom. The molecular weight excluding hydrogens is 358 g/mol. The van der Waals surface area contributed by atoms with Gasteiger partial charge in [-0.15, -0.1) is 10.2 Å². The zero-order valence-corrected chi connectivity index (χ0v) is 15.5. The molecule has 1 N–H and O–H groups in total. The molecule has 0 bridgehead atoms. The Labute approximate surface area is 155 Å². The first-order valence-corrected chi connectivity index (χ1v) is 10.0. The predicted molar refractivity (Wildman–Crippen MR) is 96.3 cm³/mol. The molecule has 0 atom stereocenters. The third kappa shape index (κ3) is 4.23. The molecule has 0 unspecified atom stereocenters. The van der Waals surface area contributed by atoms with E-state index in [0.717, 1.165) is 36.0 Å². The van der Waals surface area contributed by atoms with Crippen LogP contribution in [0.4, 0.5) is 8.78 Å². The number of amides is 1. The summed E-state index contributed by atoms with van der Waals surface area (Å²) >= 11 is 1.60. The molecule has 1 aliphatic carbocycles. The van der Waals surface area contributed by atoms with Crippen molar-refractivity contribution in [2.75, 3.05) is 12.8 Å². The maximum absolute atomic E-state index is 13.2. The Hall–Kier alpha value is -1.96. The molecule has 0 aliphatic heterocycles. The Morgan fingerprint density at radius 3 is 2.73 bits per heavy atom. The van der Waals surface area contributed by atoms with Crippen molar-refractivity contribution in [2.24, 2.45) is 0 Å². The predicted octanol–water partition coefficient (Wildman–Crippen LogP) is 3.76. The number of hydrogen-bond acceptors (Lipinski definition) is 4. The van der Waals surface area contributed by atoms with Crippen molar-refractivity contribution in [3.63, 3.8) is 0 Å². The number of rotatable bonds is 7. The molecule has 1 amide bonds. The summed E-state index contributed by atoms with van der Waals surface area (Å²) in [5.41, 5.74) is 0.114. The van der Waals surface area contributed by atoms with E-state index in [9.17, 15) is 13.6 Å². The third-order valence-electron chi connectivity index (χ3n) is 4.65. The molecule has 1 aromatic carbocycles. The van der Waals surface area contributed by atoms with Gasteiger partial charge in [-0.3, -0.25) is 4.79 Å². The fraction of sp³-hybridized carbons (Fsp3) is 0.500. The van der Waals surface area contributed by atoms with Gasteiger partial charge in [-0.1, -0.05) is 24.6 Å². The zero-order chi connectivity index (χ0) is 18.5. The fourth-order valence-electron chi connectivity index (χ4n) is 3.33. The third-order valence-corrected chi connectivity index (χ3v) is 5.30. The first kappa shape index (κ1) is 18.8. The van der Waals surface area contributed by atoms with Crippen LogP contribution in [-0.4, -0.2) is 33.5 Å². The van der Waals surface area contributed by atoms with Crippen molar-refractivity contribution in [1.82, 2.24) is 20.1 Å². The molecule has 26 heavy (non-hydrogen) atoms. The molecule has 1 aromatic heterocycles. The van der Waals surface area contributed by atoms with Crippen molar-refractivity contribution in [3.8, 4) is 0 Å². The number of hydrogen-bond donors (Lipinski definition) is 1. The summed E-state index contributed by atoms with van der Waals surface area (Å²) in [6.07, 6.45) is 8.20. The van der Waals surface area contributed by atoms with E-state index < -0.39 is 17.5 Å². The van der Waals surface area contributed by atoms with Crippen LogP contribution in [0.2, 0.25) is 0 Å². The maximum Gasteiger partial charge on any atom is 0.251 e. The monoisotopic (exact) mass is 380 g/mol. The number of carbonyl (C=O) groups is 1. The highest BCUT2D eigenvalue weighted by Crippen LogP contribution is 2.33. The second-order valence-electron chi connectivity index (χ2n) is 6.40. The lowest BCUT2D eigenvalue weighted by atomic mass is 10.2. The summed E-state index contributed by atoms with van der Waals surface area (Å²) in [4.78, 5) is 12.0. The number of aryl methyl sites for hydroxylation is 1. The molecule has 1 saturated carbocycles. The van der Waals surface area contributed by atoms with Gasteiger partial charge in [0.25, 0.3) is 5.91 Å². The summed E-state index contributed by atoms with van der Waals surface area (Å²) < 4.78 is 28.4. The van der Waals surface area contributed by atoms with Crippen LogP contribution >= 0.6 is 11.8 Å². The smallest absolute Gasteiger partial charge is 0.251 e. The topological polar surface area (TPSA) is 59.8 Å². The second kappa shape index (κ2) is 8.62. The number of nitrogens with zero attached hydrogens (tertiary/aromatic N) is 3. The van der Waals surface area contributed by atoms with Gasteiger partial charge >= 0.3 is 0 Å². The normalized spacial score (nSPS) is 14.7. The van der Waals surface area contributed by atoms with E-state index in [1.165, 1.54) is 18.9 Å². The van der Waals surface area contributed by atoms with E-state index in [0.29, 0.717) is 25.4 Å². The van der Waals surface area contributed by atoms with E-state index in [-0.39, 0.29) is 5.56 Å². The van der Waals surface area contributed by atoms with Crippen LogP contribution in [-0.2, 0) is 6.42 Å². The summed E-state index contributed by atoms with van der Waals surface area (Å²) in [6, 6.07) is 3.61. The number of benzene rings is 1. The van der Waals surface area contributed by atoms with E-state index in [1.54, 1.807) is 11.8 Å². The van der Waals surface area contributed by atoms with Crippen LogP contribution in [0.25, 0.3) is 0 Å². The van der Waals surface area contributed by atoms with Crippen LogP contribution in [0.15, 0.2) is 23.4 Å². The van der Waals surface area contributed by atoms with E-state index in [1.807, 2.05) is 6.26 Å². The second-order valence-corrected chi connectivity index (χ2v) is 7.17. The van der Waals surface area contributed by atoms with Crippen LogP contribution < -0.4 is 5.32 Å². The van der Waals surface area contributed by atoms with Crippen LogP contribution in [0.3, 0.4) is 0 Å². The summed E-state index contributed by atoms with van der Waals surface area (Å²) in [5, 5.41) is 12.3. The fourth-order valence-corrected chi connectivity index (χ4v) is 3.91. The van der Waals surface area contributed by atoms with Gasteiger partial charge in [0.1, 0.15) is 5.82 Å². The first-order valence-electron chi connectivity index (χ1n) is 8.81. The van der Waals surface area contributed by atoms with Crippen molar-refractivity contribution in [3.05, 3.63) is 41.2 Å². The van der Waals surface area contributed by atoms with Crippen molar-refractivity contribution < 1.29 is 13.6 Å². The van der Waals surface area contributed by atoms with Gasteiger partial charge < -0.3 is 9.88 Å². The van der Waals surface area contributed by atoms with Gasteiger partial charge in [0.05, 0.1) is 0 Å². The van der Waals surface area contributed by atoms with E-state index in [4.69, 9.17) is 0 Å². The number of nitrogens with one attached hydrogen (secondary N) is 1. The van der Waals surface area contributed by atoms with Crippen LogP contribution in [0, 0.1) is 11.6 Å². The maximum atomic E-state index is 13.2. The molecule has 1 heterocycles. The number of aromatic nitrogens is 3. The number of halogens is 2. The molecule has 3 rings (SSSR count). The van der Waals surface area contributed by atoms with Gasteiger partial charge in [0, 0.05) is 24.6 Å². The molecule has 5 nitrogen and oxygen atoms in total. The lowest BCUT2D eigenvalue weighted by molar-refractivity contribution is 0.0952. The van der Waals surface area contributed by atoms with Gasteiger partial charge in [-0.25, -0.2) is 8.78 Å². The van der Waals surface area contributed by atoms with Crippen LogP contribution in [0.1, 0.15) is 54.3 Å². The quantitative estimate of drug-likeness (QED) is 0.587. The number of thioether (sulfide) groups is 1. The SMILES string of the molecule is CSc1nnc(CCCNC(=O)c2ccc(F)c(F)c2)n1C1CCCC1. The van der Waals surface area contributed by atoms with Crippen molar-refractivity contribution >= 4 is 17.7 Å². The minimum absolute atomic E-state index is 0.114. The minimum Gasteiger partial charge on any atom is -0.352 e. The lowest BCUT2D eigenvalue weighted by Gasteiger charge is -2.16. The Kier molecular flexibility index (Phi) is 6.24. The van der Waals surface area contributed by atoms with Gasteiger partial charge in [-0.2, -0.15) is 0 Å². The van der Waals surface area contributed by atoms with E-state index in [2.05, 4.69) is 20.1 Å². The Balaban J connectivity index is 1.54.